The predicted molar refractivity (Wildman–Crippen MR) is 162 cm³/mol. The van der Waals surface area contributed by atoms with Gasteiger partial charge in [-0.25, -0.2) is 9.18 Å². The average Bonchev–Trinajstić information content (AvgIpc) is 2.97. The maximum atomic E-state index is 14.6. The Labute approximate surface area is 240 Å². The summed E-state index contributed by atoms with van der Waals surface area (Å²) < 4.78 is 25.8. The minimum atomic E-state index is -0.724. The predicted octanol–water partition coefficient (Wildman–Crippen LogP) is 10.1. The number of carbonyl (C=O) groups excluding carboxylic acids is 1. The molecule has 3 rings (SSSR count). The molecule has 1 aromatic heterocycles. The fourth-order valence-electron chi connectivity index (χ4n) is 4.73. The second-order valence-electron chi connectivity index (χ2n) is 10.6. The van der Waals surface area contributed by atoms with Gasteiger partial charge in [0, 0.05) is 5.56 Å². The Morgan fingerprint density at radius 3 is 1.98 bits per heavy atom. The maximum Gasteiger partial charge on any atom is 0.346 e. The van der Waals surface area contributed by atoms with Gasteiger partial charge < -0.3 is 9.47 Å². The number of rotatable bonds is 19. The highest BCUT2D eigenvalue weighted by Gasteiger charge is 2.15. The van der Waals surface area contributed by atoms with Crippen molar-refractivity contribution >= 4 is 5.97 Å². The Morgan fingerprint density at radius 1 is 0.725 bits per heavy atom. The van der Waals surface area contributed by atoms with Crippen LogP contribution in [0.3, 0.4) is 0 Å². The van der Waals surface area contributed by atoms with E-state index in [4.69, 9.17) is 9.47 Å². The molecule has 4 nitrogen and oxygen atoms in total. The molecule has 40 heavy (non-hydrogen) atoms. The third-order valence-electron chi connectivity index (χ3n) is 7.19. The molecular formula is C35H46FNO3. The van der Waals surface area contributed by atoms with E-state index in [9.17, 15) is 9.18 Å². The molecule has 0 saturated carbocycles. The summed E-state index contributed by atoms with van der Waals surface area (Å²) in [6.45, 7) is 5.15. The van der Waals surface area contributed by atoms with Crippen molar-refractivity contribution in [3.8, 4) is 22.8 Å². The van der Waals surface area contributed by atoms with Crippen LogP contribution in [0.2, 0.25) is 0 Å². The van der Waals surface area contributed by atoms with E-state index >= 15 is 0 Å². The Hall–Kier alpha value is -3.21. The molecule has 1 heterocycles. The van der Waals surface area contributed by atoms with Gasteiger partial charge in [-0.05, 0) is 73.4 Å². The number of nitrogens with zero attached hydrogens (tertiary/aromatic N) is 1. The average molecular weight is 548 g/mol. The Morgan fingerprint density at radius 2 is 1.35 bits per heavy atom. The number of carbonyl (C=O) groups is 1. The second-order valence-corrected chi connectivity index (χ2v) is 10.6. The number of aryl methyl sites for hydroxylation is 1. The number of ether oxygens (including phenoxy) is 2. The molecule has 0 aliphatic carbocycles. The van der Waals surface area contributed by atoms with Crippen molar-refractivity contribution in [2.75, 3.05) is 6.61 Å². The molecule has 5 heteroatoms. The van der Waals surface area contributed by atoms with E-state index in [1.54, 1.807) is 18.2 Å². The summed E-state index contributed by atoms with van der Waals surface area (Å²) in [7, 11) is 0. The zero-order chi connectivity index (χ0) is 28.4. The topological polar surface area (TPSA) is 48.4 Å². The lowest BCUT2D eigenvalue weighted by Crippen LogP contribution is -2.11. The lowest BCUT2D eigenvalue weighted by atomic mass is 10.0. The molecule has 0 aliphatic heterocycles. The molecule has 0 bridgehead atoms. The minimum Gasteiger partial charge on any atom is -0.494 e. The first-order valence-electron chi connectivity index (χ1n) is 15.3. The van der Waals surface area contributed by atoms with Crippen LogP contribution in [0.25, 0.3) is 11.3 Å². The van der Waals surface area contributed by atoms with E-state index in [0.29, 0.717) is 0 Å². The molecule has 0 radical (unpaired) electrons. The van der Waals surface area contributed by atoms with Crippen molar-refractivity contribution in [1.82, 2.24) is 4.98 Å². The zero-order valence-electron chi connectivity index (χ0n) is 24.4. The van der Waals surface area contributed by atoms with Crippen LogP contribution in [0.1, 0.15) is 113 Å². The van der Waals surface area contributed by atoms with Gasteiger partial charge in [-0.2, -0.15) is 0 Å². The van der Waals surface area contributed by atoms with Crippen molar-refractivity contribution in [1.29, 1.82) is 0 Å². The number of hydrogen-bond acceptors (Lipinski definition) is 4. The maximum absolute atomic E-state index is 14.6. The number of hydrogen-bond donors (Lipinski definition) is 0. The first kappa shape index (κ1) is 31.3. The standard InChI is InChI=1S/C35H46FNO3/c1-3-5-7-9-10-11-12-13-15-25-39-30-20-18-29(19-21-30)34-24-22-31(27-37-34)40-35(38)32-23-17-28(26-33(32)36)16-14-8-6-4-2/h17-24,26-27H,3-16,25H2,1-2H3. The summed E-state index contributed by atoms with van der Waals surface area (Å²) >= 11 is 0. The number of unbranched alkanes of at least 4 members (excludes halogenated alkanes) is 11. The van der Waals surface area contributed by atoms with E-state index in [2.05, 4.69) is 18.8 Å². The molecule has 0 amide bonds. The minimum absolute atomic E-state index is 0.0700. The van der Waals surface area contributed by atoms with Crippen molar-refractivity contribution in [2.24, 2.45) is 0 Å². The molecule has 0 fully saturated rings. The first-order chi connectivity index (χ1) is 19.6. The number of pyridine rings is 1. The molecule has 0 saturated heterocycles. The van der Waals surface area contributed by atoms with Crippen LogP contribution in [-0.2, 0) is 6.42 Å². The van der Waals surface area contributed by atoms with E-state index in [-0.39, 0.29) is 11.3 Å². The molecule has 0 unspecified atom stereocenters. The van der Waals surface area contributed by atoms with Crippen molar-refractivity contribution in [3.63, 3.8) is 0 Å². The van der Waals surface area contributed by atoms with Gasteiger partial charge in [0.05, 0.1) is 24.1 Å². The van der Waals surface area contributed by atoms with Gasteiger partial charge in [-0.1, -0.05) is 90.5 Å². The summed E-state index contributed by atoms with van der Waals surface area (Å²) in [6.07, 6.45) is 18.4. The Bertz CT molecular complexity index is 1130. The Balaban J connectivity index is 1.40. The van der Waals surface area contributed by atoms with Crippen molar-refractivity contribution in [3.05, 3.63) is 77.7 Å². The summed E-state index contributed by atoms with van der Waals surface area (Å²) in [5.41, 5.74) is 2.52. The van der Waals surface area contributed by atoms with Gasteiger partial charge in [0.1, 0.15) is 17.3 Å². The number of benzene rings is 2. The van der Waals surface area contributed by atoms with Crippen LogP contribution in [0.4, 0.5) is 4.39 Å². The normalized spacial score (nSPS) is 11.0. The summed E-state index contributed by atoms with van der Waals surface area (Å²) in [4.78, 5) is 17.0. The lowest BCUT2D eigenvalue weighted by Gasteiger charge is -2.09. The quantitative estimate of drug-likeness (QED) is 0.111. The molecule has 2 aromatic carbocycles. The van der Waals surface area contributed by atoms with Gasteiger partial charge in [0.25, 0.3) is 0 Å². The van der Waals surface area contributed by atoms with Crippen LogP contribution in [0.5, 0.6) is 11.5 Å². The molecule has 0 N–H and O–H groups in total. The SMILES string of the molecule is CCCCCCCCCCCOc1ccc(-c2ccc(OC(=O)c3ccc(CCCCCC)cc3F)cn2)cc1. The zero-order valence-corrected chi connectivity index (χ0v) is 24.4. The lowest BCUT2D eigenvalue weighted by molar-refractivity contribution is 0.0729. The van der Waals surface area contributed by atoms with E-state index in [1.165, 1.54) is 76.1 Å². The van der Waals surface area contributed by atoms with Crippen molar-refractivity contribution < 1.29 is 18.7 Å². The largest absolute Gasteiger partial charge is 0.494 e. The van der Waals surface area contributed by atoms with Gasteiger partial charge in [-0.3, -0.25) is 4.98 Å². The highest BCUT2D eigenvalue weighted by atomic mass is 19.1. The van der Waals surface area contributed by atoms with E-state index < -0.39 is 11.8 Å². The Kier molecular flexibility index (Phi) is 14.2. The van der Waals surface area contributed by atoms with Gasteiger partial charge in [0.15, 0.2) is 0 Å². The smallest absolute Gasteiger partial charge is 0.346 e. The van der Waals surface area contributed by atoms with E-state index in [0.717, 1.165) is 61.3 Å². The number of aromatic nitrogens is 1. The van der Waals surface area contributed by atoms with Crippen LogP contribution < -0.4 is 9.47 Å². The molecule has 0 aliphatic rings. The number of esters is 1. The second kappa shape index (κ2) is 18.2. The van der Waals surface area contributed by atoms with Gasteiger partial charge in [-0.15, -0.1) is 0 Å². The third kappa shape index (κ3) is 11.1. The van der Waals surface area contributed by atoms with Gasteiger partial charge >= 0.3 is 5.97 Å². The highest BCUT2D eigenvalue weighted by molar-refractivity contribution is 5.91. The first-order valence-corrected chi connectivity index (χ1v) is 15.3. The molecule has 0 atom stereocenters. The van der Waals surface area contributed by atoms with Crippen LogP contribution in [0.15, 0.2) is 60.8 Å². The summed E-state index contributed by atoms with van der Waals surface area (Å²) in [5.74, 6) is -0.152. The third-order valence-corrected chi connectivity index (χ3v) is 7.19. The monoisotopic (exact) mass is 547 g/mol. The van der Waals surface area contributed by atoms with Gasteiger partial charge in [0.2, 0.25) is 0 Å². The van der Waals surface area contributed by atoms with Crippen LogP contribution in [-0.4, -0.2) is 17.6 Å². The molecule has 0 spiro atoms. The van der Waals surface area contributed by atoms with Crippen molar-refractivity contribution in [2.45, 2.75) is 104 Å². The fourth-order valence-corrected chi connectivity index (χ4v) is 4.73. The van der Waals surface area contributed by atoms with E-state index in [1.807, 2.05) is 24.3 Å². The van der Waals surface area contributed by atoms with Crippen LogP contribution >= 0.6 is 0 Å². The molecular weight excluding hydrogens is 501 g/mol. The van der Waals surface area contributed by atoms with Crippen LogP contribution in [0, 0.1) is 5.82 Å². The summed E-state index contributed by atoms with van der Waals surface area (Å²) in [6, 6.07) is 16.1. The molecule has 3 aromatic rings. The summed E-state index contributed by atoms with van der Waals surface area (Å²) in [5, 5.41) is 0. The highest BCUT2D eigenvalue weighted by Crippen LogP contribution is 2.24. The number of halogens is 1. The fraction of sp³-hybridized carbons (Fsp3) is 0.486. The molecule has 216 valence electrons.